The van der Waals surface area contributed by atoms with Gasteiger partial charge in [0.2, 0.25) is 0 Å². The molecule has 2 N–H and O–H groups in total. The molecule has 0 rings (SSSR count). The molecule has 0 heterocycles. The third-order valence-electron chi connectivity index (χ3n) is 4.02. The normalized spacial score (nSPS) is 12.7. The number of rotatable bonds is 17. The van der Waals surface area contributed by atoms with Crippen LogP contribution in [0.15, 0.2) is 0 Å². The van der Waals surface area contributed by atoms with E-state index in [1.807, 2.05) is 6.61 Å². The molecule has 1 radical (unpaired) electrons. The summed E-state index contributed by atoms with van der Waals surface area (Å²) in [6.45, 7) is 6.90. The zero-order valence-corrected chi connectivity index (χ0v) is 14.7. The van der Waals surface area contributed by atoms with Crippen LogP contribution in [0.3, 0.4) is 0 Å². The molecule has 0 aliphatic carbocycles. The van der Waals surface area contributed by atoms with Crippen LogP contribution in [0.1, 0.15) is 104 Å². The number of hydrogen-bond acceptors (Lipinski definition) is 2. The van der Waals surface area contributed by atoms with Crippen LogP contribution < -0.4 is 5.73 Å². The number of nitrogens with two attached hydrogens (primary N) is 1. The van der Waals surface area contributed by atoms with Crippen molar-refractivity contribution in [3.8, 4) is 0 Å². The van der Waals surface area contributed by atoms with Gasteiger partial charge in [-0.25, -0.2) is 0 Å². The highest BCUT2D eigenvalue weighted by Gasteiger charge is 2.02. The van der Waals surface area contributed by atoms with E-state index >= 15 is 0 Å². The van der Waals surface area contributed by atoms with Gasteiger partial charge in [0.1, 0.15) is 0 Å². The first kappa shape index (κ1) is 20.9. The Morgan fingerprint density at radius 2 is 1.24 bits per heavy atom. The topological polar surface area (TPSA) is 35.2 Å². The van der Waals surface area contributed by atoms with E-state index in [1.165, 1.54) is 77.0 Å². The highest BCUT2D eigenvalue weighted by Crippen LogP contribution is 2.12. The molecule has 0 bridgehead atoms. The van der Waals surface area contributed by atoms with Crippen LogP contribution >= 0.6 is 0 Å². The lowest BCUT2D eigenvalue weighted by Gasteiger charge is -2.11. The first-order valence-electron chi connectivity index (χ1n) is 9.50. The maximum Gasteiger partial charge on any atom is 0.0834 e. The number of unbranched alkanes of at least 4 members (excludes halogenated alkanes) is 11. The number of ether oxygens (including phenoxy) is 1. The summed E-state index contributed by atoms with van der Waals surface area (Å²) in [7, 11) is 0. The standard InChI is InChI=1S/C19H40NO/c1-3-5-6-7-8-9-10-11-12-13-14-15-16-19(20)18-21-17-4-2/h17,19H,3-16,18,20H2,1-2H3. The molecule has 0 aliphatic heterocycles. The summed E-state index contributed by atoms with van der Waals surface area (Å²) in [6, 6.07) is 0.218. The maximum atomic E-state index is 6.00. The van der Waals surface area contributed by atoms with Crippen LogP contribution in [-0.2, 0) is 4.74 Å². The lowest BCUT2D eigenvalue weighted by Crippen LogP contribution is -2.25. The summed E-state index contributed by atoms with van der Waals surface area (Å²) >= 11 is 0. The van der Waals surface area contributed by atoms with E-state index in [1.54, 1.807) is 0 Å². The minimum atomic E-state index is 0.218. The second kappa shape index (κ2) is 18.0. The average molecular weight is 299 g/mol. The average Bonchev–Trinajstić information content (AvgIpc) is 2.48. The lowest BCUT2D eigenvalue weighted by molar-refractivity contribution is 0.172. The van der Waals surface area contributed by atoms with Crippen LogP contribution in [0.25, 0.3) is 0 Å². The van der Waals surface area contributed by atoms with Crippen LogP contribution in [0.2, 0.25) is 0 Å². The quantitative estimate of drug-likeness (QED) is 0.335. The van der Waals surface area contributed by atoms with Crippen molar-refractivity contribution in [2.45, 2.75) is 110 Å². The van der Waals surface area contributed by atoms with Crippen LogP contribution in [0.4, 0.5) is 0 Å². The Balaban J connectivity index is 3.05. The summed E-state index contributed by atoms with van der Waals surface area (Å²) in [6.07, 6.45) is 18.9. The first-order chi connectivity index (χ1) is 10.3. The highest BCUT2D eigenvalue weighted by atomic mass is 16.5. The van der Waals surface area contributed by atoms with Crippen molar-refractivity contribution in [2.75, 3.05) is 6.61 Å². The van der Waals surface area contributed by atoms with E-state index in [9.17, 15) is 0 Å². The molecule has 0 aromatic heterocycles. The highest BCUT2D eigenvalue weighted by molar-refractivity contribution is 4.61. The van der Waals surface area contributed by atoms with Gasteiger partial charge in [-0.3, -0.25) is 0 Å². The molecule has 0 fully saturated rings. The van der Waals surface area contributed by atoms with Crippen molar-refractivity contribution in [1.29, 1.82) is 0 Å². The van der Waals surface area contributed by atoms with Gasteiger partial charge in [-0.15, -0.1) is 0 Å². The molecule has 0 amide bonds. The first-order valence-corrected chi connectivity index (χ1v) is 9.50. The molecule has 21 heavy (non-hydrogen) atoms. The fourth-order valence-corrected chi connectivity index (χ4v) is 2.64. The smallest absolute Gasteiger partial charge is 0.0834 e. The summed E-state index contributed by atoms with van der Waals surface area (Å²) in [5.74, 6) is 0. The molecule has 0 spiro atoms. The fraction of sp³-hybridized carbons (Fsp3) is 0.947. The van der Waals surface area contributed by atoms with E-state index in [-0.39, 0.29) is 6.04 Å². The largest absolute Gasteiger partial charge is 0.374 e. The minimum absolute atomic E-state index is 0.218. The van der Waals surface area contributed by atoms with Crippen LogP contribution in [0, 0.1) is 6.61 Å². The molecule has 0 saturated heterocycles. The SMILES string of the molecule is CC[CH]OCC(N)CCCCCCCCCCCCCC. The van der Waals surface area contributed by atoms with E-state index in [4.69, 9.17) is 10.5 Å². The van der Waals surface area contributed by atoms with Crippen molar-refractivity contribution in [1.82, 2.24) is 0 Å². The van der Waals surface area contributed by atoms with Crippen molar-refractivity contribution < 1.29 is 4.74 Å². The van der Waals surface area contributed by atoms with Crippen molar-refractivity contribution in [2.24, 2.45) is 5.73 Å². The number of hydrogen-bond donors (Lipinski definition) is 1. The molecule has 2 nitrogen and oxygen atoms in total. The van der Waals surface area contributed by atoms with Crippen molar-refractivity contribution >= 4 is 0 Å². The molecule has 0 aromatic rings. The molecule has 127 valence electrons. The molecule has 2 heteroatoms. The van der Waals surface area contributed by atoms with Gasteiger partial charge in [-0.2, -0.15) is 0 Å². The maximum absolute atomic E-state index is 6.00. The molecule has 1 unspecified atom stereocenters. The minimum Gasteiger partial charge on any atom is -0.374 e. The van der Waals surface area contributed by atoms with Crippen LogP contribution in [0.5, 0.6) is 0 Å². The predicted molar refractivity (Wildman–Crippen MR) is 94.2 cm³/mol. The molecule has 0 aromatic carbocycles. The van der Waals surface area contributed by atoms with Gasteiger partial charge < -0.3 is 10.5 Å². The fourth-order valence-electron chi connectivity index (χ4n) is 2.64. The summed E-state index contributed by atoms with van der Waals surface area (Å²) < 4.78 is 5.35. The van der Waals surface area contributed by atoms with Gasteiger partial charge in [-0.1, -0.05) is 90.9 Å². The summed E-state index contributed by atoms with van der Waals surface area (Å²) in [5.41, 5.74) is 6.00. The molecule has 1 atom stereocenters. The third kappa shape index (κ3) is 17.9. The Bertz CT molecular complexity index is 184. The molecular weight excluding hydrogens is 258 g/mol. The molecular formula is C19H40NO. The van der Waals surface area contributed by atoms with E-state index in [0.29, 0.717) is 6.61 Å². The van der Waals surface area contributed by atoms with Crippen molar-refractivity contribution in [3.05, 3.63) is 6.61 Å². The zero-order valence-electron chi connectivity index (χ0n) is 14.7. The van der Waals surface area contributed by atoms with Gasteiger partial charge in [0, 0.05) is 6.04 Å². The van der Waals surface area contributed by atoms with Crippen LogP contribution in [-0.4, -0.2) is 12.6 Å². The Labute approximate surface area is 134 Å². The van der Waals surface area contributed by atoms with Gasteiger partial charge >= 0.3 is 0 Å². The van der Waals surface area contributed by atoms with Gasteiger partial charge in [0.05, 0.1) is 13.2 Å². The van der Waals surface area contributed by atoms with E-state index < -0.39 is 0 Å². The second-order valence-corrected chi connectivity index (χ2v) is 6.35. The Morgan fingerprint density at radius 3 is 1.71 bits per heavy atom. The van der Waals surface area contributed by atoms with Crippen molar-refractivity contribution in [3.63, 3.8) is 0 Å². The van der Waals surface area contributed by atoms with Gasteiger partial charge in [0.15, 0.2) is 0 Å². The second-order valence-electron chi connectivity index (χ2n) is 6.35. The lowest BCUT2D eigenvalue weighted by atomic mass is 10.0. The summed E-state index contributed by atoms with van der Waals surface area (Å²) in [5, 5.41) is 0. The Morgan fingerprint density at radius 1 is 0.762 bits per heavy atom. The van der Waals surface area contributed by atoms with E-state index in [0.717, 1.165) is 12.8 Å². The summed E-state index contributed by atoms with van der Waals surface area (Å²) in [4.78, 5) is 0. The molecule has 0 aliphatic rings. The molecule has 0 saturated carbocycles. The third-order valence-corrected chi connectivity index (χ3v) is 4.02. The predicted octanol–water partition coefficient (Wildman–Crippen LogP) is 5.99. The van der Waals surface area contributed by atoms with Gasteiger partial charge in [0.25, 0.3) is 0 Å². The monoisotopic (exact) mass is 298 g/mol. The zero-order chi connectivity index (χ0) is 15.6. The van der Waals surface area contributed by atoms with Gasteiger partial charge in [-0.05, 0) is 12.8 Å². The Kier molecular flexibility index (Phi) is 17.9. The van der Waals surface area contributed by atoms with E-state index in [2.05, 4.69) is 13.8 Å². The Hall–Kier alpha value is -0.0800.